The van der Waals surface area contributed by atoms with Gasteiger partial charge in [0.1, 0.15) is 0 Å². The number of morpholine rings is 1. The molecule has 1 aliphatic rings. The molecule has 0 unspecified atom stereocenters. The monoisotopic (exact) mass is 361 g/mol. The predicted octanol–water partition coefficient (Wildman–Crippen LogP) is 2.20. The first kappa shape index (κ1) is 18.0. The molecule has 0 saturated carbocycles. The van der Waals surface area contributed by atoms with Crippen LogP contribution in [0.15, 0.2) is 39.8 Å². The summed E-state index contributed by atoms with van der Waals surface area (Å²) in [6.45, 7) is 4.45. The molecule has 1 aliphatic heterocycles. The number of hydrogen-bond donors (Lipinski definition) is 1. The van der Waals surface area contributed by atoms with Crippen molar-refractivity contribution in [3.8, 4) is 0 Å². The zero-order chi connectivity index (χ0) is 17.5. The third-order valence-corrected chi connectivity index (χ3v) is 4.88. The van der Waals surface area contributed by atoms with Crippen LogP contribution < -0.4 is 5.32 Å². The highest BCUT2D eigenvalue weighted by atomic mass is 32.2. The van der Waals surface area contributed by atoms with E-state index in [1.165, 1.54) is 10.5 Å². The van der Waals surface area contributed by atoms with Crippen LogP contribution in [0.2, 0.25) is 0 Å². The molecule has 0 atom stereocenters. The summed E-state index contributed by atoms with van der Waals surface area (Å²) in [6, 6.07) is 10.1. The molecule has 2 heterocycles. The summed E-state index contributed by atoms with van der Waals surface area (Å²) in [5.41, 5.74) is 1.53. The van der Waals surface area contributed by atoms with Crippen molar-refractivity contribution in [2.75, 3.05) is 39.1 Å². The summed E-state index contributed by atoms with van der Waals surface area (Å²) in [5.74, 6) is 0.511. The van der Waals surface area contributed by atoms with Gasteiger partial charge in [-0.05, 0) is 30.4 Å². The Morgan fingerprint density at radius 1 is 1.28 bits per heavy atom. The number of ether oxygens (including phenoxy) is 1. The van der Waals surface area contributed by atoms with Gasteiger partial charge in [-0.2, -0.15) is 0 Å². The minimum Gasteiger partial charge on any atom is -0.379 e. The summed E-state index contributed by atoms with van der Waals surface area (Å²) in [4.78, 5) is 15.6. The van der Waals surface area contributed by atoms with Gasteiger partial charge in [-0.3, -0.25) is 9.69 Å². The topological polar surface area (TPSA) is 67.6 Å². The molecule has 1 fully saturated rings. The highest BCUT2D eigenvalue weighted by Gasteiger charge is 2.16. The minimum atomic E-state index is -0.197. The molecule has 1 amide bonds. The number of aromatic nitrogens is 1. The first-order chi connectivity index (χ1) is 12.2. The van der Waals surface area contributed by atoms with Gasteiger partial charge in [-0.1, -0.05) is 17.3 Å². The van der Waals surface area contributed by atoms with Crippen molar-refractivity contribution in [1.82, 2.24) is 15.4 Å². The highest BCUT2D eigenvalue weighted by molar-refractivity contribution is 7.98. The van der Waals surface area contributed by atoms with Crippen molar-refractivity contribution in [2.24, 2.45) is 0 Å². The predicted molar refractivity (Wildman–Crippen MR) is 96.9 cm³/mol. The van der Waals surface area contributed by atoms with Crippen LogP contribution in [0.1, 0.15) is 21.8 Å². The summed E-state index contributed by atoms with van der Waals surface area (Å²) in [6.07, 6.45) is 2.85. The van der Waals surface area contributed by atoms with Crippen molar-refractivity contribution in [2.45, 2.75) is 17.9 Å². The number of hydrogen-bond acceptors (Lipinski definition) is 6. The van der Waals surface area contributed by atoms with Gasteiger partial charge < -0.3 is 14.6 Å². The van der Waals surface area contributed by atoms with Gasteiger partial charge in [0.15, 0.2) is 11.5 Å². The molecule has 6 nitrogen and oxygen atoms in total. The lowest BCUT2D eigenvalue weighted by Gasteiger charge is -2.25. The van der Waals surface area contributed by atoms with Crippen LogP contribution in [-0.2, 0) is 17.7 Å². The molecule has 134 valence electrons. The average molecular weight is 361 g/mol. The van der Waals surface area contributed by atoms with Gasteiger partial charge in [-0.25, -0.2) is 0 Å². The van der Waals surface area contributed by atoms with Crippen molar-refractivity contribution in [1.29, 1.82) is 0 Å². The quantitative estimate of drug-likeness (QED) is 0.763. The van der Waals surface area contributed by atoms with Gasteiger partial charge in [0.2, 0.25) is 0 Å². The number of amides is 1. The molecule has 3 rings (SSSR count). The fraction of sp³-hybridized carbons (Fsp3) is 0.444. The number of carbonyl (C=O) groups excluding carboxylic acids is 1. The summed E-state index contributed by atoms with van der Waals surface area (Å²) < 4.78 is 10.6. The number of thioether (sulfide) groups is 1. The second-order valence-electron chi connectivity index (χ2n) is 5.92. The first-order valence-corrected chi connectivity index (χ1v) is 9.64. The molecule has 0 bridgehead atoms. The van der Waals surface area contributed by atoms with E-state index in [1.807, 2.05) is 0 Å². The Balaban J connectivity index is 1.44. The molecule has 2 aromatic rings. The number of nitrogens with one attached hydrogen (secondary N) is 1. The molecule has 1 aromatic carbocycles. The molecular weight excluding hydrogens is 338 g/mol. The van der Waals surface area contributed by atoms with Gasteiger partial charge in [0.05, 0.1) is 19.8 Å². The van der Waals surface area contributed by atoms with Gasteiger partial charge in [-0.15, -0.1) is 11.8 Å². The van der Waals surface area contributed by atoms with Gasteiger partial charge in [0, 0.05) is 30.6 Å². The van der Waals surface area contributed by atoms with Crippen LogP contribution in [0.3, 0.4) is 0 Å². The lowest BCUT2D eigenvalue weighted by Crippen LogP contribution is -2.35. The van der Waals surface area contributed by atoms with Crippen LogP contribution in [0.4, 0.5) is 0 Å². The Hall–Kier alpha value is -1.83. The molecule has 1 saturated heterocycles. The lowest BCUT2D eigenvalue weighted by atomic mass is 10.1. The van der Waals surface area contributed by atoms with E-state index in [0.29, 0.717) is 24.5 Å². The van der Waals surface area contributed by atoms with Crippen LogP contribution in [0.5, 0.6) is 0 Å². The number of rotatable bonds is 7. The molecule has 1 N–H and O–H groups in total. The summed E-state index contributed by atoms with van der Waals surface area (Å²) in [5, 5.41) is 6.77. The van der Waals surface area contributed by atoms with Crippen LogP contribution in [0, 0.1) is 0 Å². The third-order valence-electron chi connectivity index (χ3n) is 4.13. The van der Waals surface area contributed by atoms with Crippen LogP contribution >= 0.6 is 11.8 Å². The standard InChI is InChI=1S/C18H23N3O3S/c1-25-16-4-2-14(3-5-16)6-7-19-18(22)17-12-15(24-20-17)13-21-8-10-23-11-9-21/h2-5,12H,6-11,13H2,1H3,(H,19,22). The van der Waals surface area contributed by atoms with Crippen molar-refractivity contribution in [3.05, 3.63) is 47.3 Å². The Morgan fingerprint density at radius 3 is 2.76 bits per heavy atom. The second-order valence-corrected chi connectivity index (χ2v) is 6.80. The minimum absolute atomic E-state index is 0.197. The smallest absolute Gasteiger partial charge is 0.273 e. The van der Waals surface area contributed by atoms with E-state index in [9.17, 15) is 4.79 Å². The SMILES string of the molecule is CSc1ccc(CCNC(=O)c2cc(CN3CCOCC3)on2)cc1. The number of carbonyl (C=O) groups is 1. The molecular formula is C18H23N3O3S. The van der Waals surface area contributed by atoms with Crippen molar-refractivity contribution < 1.29 is 14.1 Å². The average Bonchev–Trinajstić information content (AvgIpc) is 3.12. The van der Waals surface area contributed by atoms with Crippen LogP contribution in [0.25, 0.3) is 0 Å². The fourth-order valence-corrected chi connectivity index (χ4v) is 3.09. The van der Waals surface area contributed by atoms with E-state index in [0.717, 1.165) is 32.7 Å². The second kappa shape index (κ2) is 9.03. The largest absolute Gasteiger partial charge is 0.379 e. The van der Waals surface area contributed by atoms with E-state index in [1.54, 1.807) is 17.8 Å². The molecule has 25 heavy (non-hydrogen) atoms. The van der Waals surface area contributed by atoms with E-state index < -0.39 is 0 Å². The lowest BCUT2D eigenvalue weighted by molar-refractivity contribution is 0.0305. The molecule has 7 heteroatoms. The molecule has 1 aromatic heterocycles. The number of nitrogens with zero attached hydrogens (tertiary/aromatic N) is 2. The van der Waals surface area contributed by atoms with Gasteiger partial charge in [0.25, 0.3) is 5.91 Å². The Morgan fingerprint density at radius 2 is 2.04 bits per heavy atom. The normalized spacial score (nSPS) is 15.2. The Kier molecular flexibility index (Phi) is 6.49. The number of benzene rings is 1. The Bertz CT molecular complexity index is 681. The zero-order valence-corrected chi connectivity index (χ0v) is 15.2. The van der Waals surface area contributed by atoms with E-state index in [-0.39, 0.29) is 5.91 Å². The molecule has 0 spiro atoms. The fourth-order valence-electron chi connectivity index (χ4n) is 2.68. The van der Waals surface area contributed by atoms with E-state index in [2.05, 4.69) is 45.9 Å². The zero-order valence-electron chi connectivity index (χ0n) is 14.4. The first-order valence-electron chi connectivity index (χ1n) is 8.41. The molecule has 0 radical (unpaired) electrons. The summed E-state index contributed by atoms with van der Waals surface area (Å²) >= 11 is 1.72. The maximum atomic E-state index is 12.2. The maximum absolute atomic E-state index is 12.2. The summed E-state index contributed by atoms with van der Waals surface area (Å²) in [7, 11) is 0. The van der Waals surface area contributed by atoms with E-state index >= 15 is 0 Å². The van der Waals surface area contributed by atoms with Gasteiger partial charge >= 0.3 is 0 Å². The third kappa shape index (κ3) is 5.32. The van der Waals surface area contributed by atoms with Crippen LogP contribution in [-0.4, -0.2) is 55.1 Å². The Labute approximate surface area is 151 Å². The molecule has 0 aliphatic carbocycles. The van der Waals surface area contributed by atoms with E-state index in [4.69, 9.17) is 9.26 Å². The van der Waals surface area contributed by atoms with Crippen molar-refractivity contribution in [3.63, 3.8) is 0 Å². The van der Waals surface area contributed by atoms with Crippen molar-refractivity contribution >= 4 is 17.7 Å². The maximum Gasteiger partial charge on any atom is 0.273 e. The highest BCUT2D eigenvalue weighted by Crippen LogP contribution is 2.15.